The second-order valence-electron chi connectivity index (χ2n) is 7.36. The number of benzene rings is 2. The molecule has 3 aromatic rings. The van der Waals surface area contributed by atoms with Gasteiger partial charge in [-0.1, -0.05) is 26.0 Å². The summed E-state index contributed by atoms with van der Waals surface area (Å²) < 4.78 is 51.8. The minimum absolute atomic E-state index is 0.0187. The van der Waals surface area contributed by atoms with Crippen molar-refractivity contribution < 1.29 is 22.6 Å². The van der Waals surface area contributed by atoms with E-state index in [0.717, 1.165) is 6.20 Å². The smallest absolute Gasteiger partial charge is 0.421 e. The molecule has 0 saturated heterocycles. The standard InChI is InChI=1S/C23H25F3N4O2/c1-4-31-20-8-6-5-7-19(20)29-21-18(23(24,25)26)13-27-22(30-21)28-16-9-11-17(12-10-16)32-14-15(2)3/h5-13,15H,4,14H2,1-3H3,(H2,27,28,29,30). The molecule has 0 aliphatic carbocycles. The number of ether oxygens (including phenoxy) is 2. The number of alkyl halides is 3. The number of halogens is 3. The number of nitrogens with zero attached hydrogens (tertiary/aromatic N) is 2. The van der Waals surface area contributed by atoms with Gasteiger partial charge in [0, 0.05) is 11.9 Å². The maximum atomic E-state index is 13.5. The van der Waals surface area contributed by atoms with Gasteiger partial charge in [-0.2, -0.15) is 18.2 Å². The molecule has 2 N–H and O–H groups in total. The van der Waals surface area contributed by atoms with Crippen molar-refractivity contribution in [2.75, 3.05) is 23.8 Å². The average molecular weight is 446 g/mol. The quantitative estimate of drug-likeness (QED) is 0.396. The van der Waals surface area contributed by atoms with Crippen LogP contribution in [-0.2, 0) is 6.18 Å². The highest BCUT2D eigenvalue weighted by Crippen LogP contribution is 2.37. The van der Waals surface area contributed by atoms with Crippen LogP contribution in [0.3, 0.4) is 0 Å². The van der Waals surface area contributed by atoms with E-state index in [4.69, 9.17) is 9.47 Å². The summed E-state index contributed by atoms with van der Waals surface area (Å²) in [6.45, 7) is 6.86. The van der Waals surface area contributed by atoms with Crippen molar-refractivity contribution in [2.24, 2.45) is 5.92 Å². The van der Waals surface area contributed by atoms with Gasteiger partial charge in [0.05, 0.1) is 18.9 Å². The van der Waals surface area contributed by atoms with Gasteiger partial charge in [0.15, 0.2) is 0 Å². The summed E-state index contributed by atoms with van der Waals surface area (Å²) in [6, 6.07) is 13.8. The molecule has 9 heteroatoms. The zero-order valence-corrected chi connectivity index (χ0v) is 18.0. The summed E-state index contributed by atoms with van der Waals surface area (Å²) >= 11 is 0. The van der Waals surface area contributed by atoms with E-state index in [1.165, 1.54) is 0 Å². The molecule has 0 spiro atoms. The van der Waals surface area contributed by atoms with Crippen LogP contribution in [0.25, 0.3) is 0 Å². The molecule has 0 bridgehead atoms. The minimum Gasteiger partial charge on any atom is -0.493 e. The number of nitrogens with one attached hydrogen (secondary N) is 2. The van der Waals surface area contributed by atoms with Crippen molar-refractivity contribution in [3.63, 3.8) is 0 Å². The van der Waals surface area contributed by atoms with Crippen LogP contribution in [0.1, 0.15) is 26.3 Å². The fourth-order valence-electron chi connectivity index (χ4n) is 2.75. The first-order chi connectivity index (χ1) is 15.3. The van der Waals surface area contributed by atoms with E-state index in [2.05, 4.69) is 34.4 Å². The number of hydrogen-bond acceptors (Lipinski definition) is 6. The molecule has 32 heavy (non-hydrogen) atoms. The Morgan fingerprint density at radius 1 is 0.969 bits per heavy atom. The van der Waals surface area contributed by atoms with Crippen molar-refractivity contribution in [3.8, 4) is 11.5 Å². The highest BCUT2D eigenvalue weighted by molar-refractivity contribution is 5.67. The first-order valence-corrected chi connectivity index (χ1v) is 10.2. The van der Waals surface area contributed by atoms with E-state index in [-0.39, 0.29) is 11.8 Å². The van der Waals surface area contributed by atoms with Crippen LogP contribution >= 0.6 is 0 Å². The highest BCUT2D eigenvalue weighted by atomic mass is 19.4. The van der Waals surface area contributed by atoms with E-state index < -0.39 is 11.7 Å². The lowest BCUT2D eigenvalue weighted by atomic mass is 10.2. The lowest BCUT2D eigenvalue weighted by Gasteiger charge is -2.17. The Hall–Kier alpha value is -3.49. The summed E-state index contributed by atoms with van der Waals surface area (Å²) in [5.41, 5.74) is 0.00487. The fourth-order valence-corrected chi connectivity index (χ4v) is 2.75. The number of para-hydroxylation sites is 2. The predicted molar refractivity (Wildman–Crippen MR) is 118 cm³/mol. The van der Waals surface area contributed by atoms with Crippen molar-refractivity contribution >= 4 is 23.1 Å². The summed E-state index contributed by atoms with van der Waals surface area (Å²) in [6.07, 6.45) is -3.88. The van der Waals surface area contributed by atoms with E-state index >= 15 is 0 Å². The van der Waals surface area contributed by atoms with Crippen molar-refractivity contribution in [1.82, 2.24) is 9.97 Å². The van der Waals surface area contributed by atoms with Crippen LogP contribution in [0.5, 0.6) is 11.5 Å². The monoisotopic (exact) mass is 446 g/mol. The van der Waals surface area contributed by atoms with E-state index in [0.29, 0.717) is 42.0 Å². The minimum atomic E-state index is -4.63. The summed E-state index contributed by atoms with van der Waals surface area (Å²) in [5, 5.41) is 5.66. The maximum Gasteiger partial charge on any atom is 0.421 e. The predicted octanol–water partition coefficient (Wildman–Crippen LogP) is 6.42. The zero-order chi connectivity index (χ0) is 23.1. The molecule has 2 aromatic carbocycles. The third-order valence-electron chi connectivity index (χ3n) is 4.23. The molecule has 0 amide bonds. The lowest BCUT2D eigenvalue weighted by Crippen LogP contribution is -2.13. The van der Waals surface area contributed by atoms with Crippen LogP contribution in [-0.4, -0.2) is 23.2 Å². The topological polar surface area (TPSA) is 68.3 Å². The number of hydrogen-bond donors (Lipinski definition) is 2. The van der Waals surface area contributed by atoms with Gasteiger partial charge in [0.2, 0.25) is 5.95 Å². The van der Waals surface area contributed by atoms with Crippen molar-refractivity contribution in [3.05, 3.63) is 60.3 Å². The van der Waals surface area contributed by atoms with E-state index in [1.54, 1.807) is 55.5 Å². The molecule has 0 unspecified atom stereocenters. The Kier molecular flexibility index (Phi) is 7.40. The van der Waals surface area contributed by atoms with Crippen LogP contribution in [0.15, 0.2) is 54.7 Å². The molecular weight excluding hydrogens is 421 g/mol. The molecule has 0 saturated carbocycles. The maximum absolute atomic E-state index is 13.5. The highest BCUT2D eigenvalue weighted by Gasteiger charge is 2.35. The summed E-state index contributed by atoms with van der Waals surface area (Å²) in [5.74, 6) is 1.16. The number of aromatic nitrogens is 2. The van der Waals surface area contributed by atoms with Crippen LogP contribution < -0.4 is 20.1 Å². The third kappa shape index (κ3) is 6.26. The Morgan fingerprint density at radius 3 is 2.34 bits per heavy atom. The second-order valence-corrected chi connectivity index (χ2v) is 7.36. The SMILES string of the molecule is CCOc1ccccc1Nc1nc(Nc2ccc(OCC(C)C)cc2)ncc1C(F)(F)F. The van der Waals surface area contributed by atoms with Crippen molar-refractivity contribution in [1.29, 1.82) is 0 Å². The van der Waals surface area contributed by atoms with E-state index in [9.17, 15) is 13.2 Å². The molecular formula is C23H25F3N4O2. The van der Waals surface area contributed by atoms with Crippen LogP contribution in [0, 0.1) is 5.92 Å². The molecule has 1 heterocycles. The Morgan fingerprint density at radius 2 is 1.69 bits per heavy atom. The van der Waals surface area contributed by atoms with Crippen LogP contribution in [0.2, 0.25) is 0 Å². The lowest BCUT2D eigenvalue weighted by molar-refractivity contribution is -0.137. The third-order valence-corrected chi connectivity index (χ3v) is 4.23. The summed E-state index contributed by atoms with van der Waals surface area (Å²) in [4.78, 5) is 7.91. The normalized spacial score (nSPS) is 11.3. The Balaban J connectivity index is 1.85. The fraction of sp³-hybridized carbons (Fsp3) is 0.304. The van der Waals surface area contributed by atoms with Crippen LogP contribution in [0.4, 0.5) is 36.3 Å². The van der Waals surface area contributed by atoms with Gasteiger partial charge in [-0.15, -0.1) is 0 Å². The van der Waals surface area contributed by atoms with Gasteiger partial charge in [0.1, 0.15) is 22.9 Å². The van der Waals surface area contributed by atoms with Crippen molar-refractivity contribution in [2.45, 2.75) is 26.9 Å². The molecule has 0 radical (unpaired) electrons. The number of rotatable bonds is 9. The van der Waals surface area contributed by atoms with Gasteiger partial charge < -0.3 is 20.1 Å². The van der Waals surface area contributed by atoms with E-state index in [1.807, 2.05) is 0 Å². The molecule has 0 fully saturated rings. The molecule has 0 aliphatic heterocycles. The zero-order valence-electron chi connectivity index (χ0n) is 18.0. The molecule has 6 nitrogen and oxygen atoms in total. The molecule has 0 aliphatic rings. The molecule has 1 aromatic heterocycles. The molecule has 3 rings (SSSR count). The number of anilines is 4. The first-order valence-electron chi connectivity index (χ1n) is 10.2. The largest absolute Gasteiger partial charge is 0.493 e. The van der Waals surface area contributed by atoms with Gasteiger partial charge in [-0.25, -0.2) is 4.98 Å². The van der Waals surface area contributed by atoms with Gasteiger partial charge in [-0.3, -0.25) is 0 Å². The van der Waals surface area contributed by atoms with Gasteiger partial charge in [0.25, 0.3) is 0 Å². The van der Waals surface area contributed by atoms with Gasteiger partial charge >= 0.3 is 6.18 Å². The van der Waals surface area contributed by atoms with Gasteiger partial charge in [-0.05, 0) is 49.2 Å². The Labute approximate surface area is 184 Å². The molecule has 0 atom stereocenters. The first kappa shape index (κ1) is 23.2. The summed E-state index contributed by atoms with van der Waals surface area (Å²) in [7, 11) is 0. The second kappa shape index (κ2) is 10.2. The Bertz CT molecular complexity index is 1020. The molecule has 170 valence electrons. The average Bonchev–Trinajstić information content (AvgIpc) is 2.74.